The molecule has 32 heavy (non-hydrogen) atoms. The first-order valence-electron chi connectivity index (χ1n) is 10.8. The molecule has 1 aliphatic carbocycles. The Bertz CT molecular complexity index is 1470. The van der Waals surface area contributed by atoms with E-state index in [1.54, 1.807) is 16.1 Å². The monoisotopic (exact) mass is 445 g/mol. The van der Waals surface area contributed by atoms with E-state index in [-0.39, 0.29) is 18.6 Å². The van der Waals surface area contributed by atoms with Crippen molar-refractivity contribution in [3.8, 4) is 11.5 Å². The van der Waals surface area contributed by atoms with E-state index in [0.29, 0.717) is 4.90 Å². The molecule has 0 bridgehead atoms. The molecule has 0 radical (unpaired) electrons. The van der Waals surface area contributed by atoms with Crippen LogP contribution in [0.15, 0.2) is 71.6 Å². The molecule has 3 aromatic carbocycles. The molecule has 2 atom stereocenters. The van der Waals surface area contributed by atoms with Gasteiger partial charge >= 0.3 is 0 Å². The first-order chi connectivity index (χ1) is 15.4. The predicted molar refractivity (Wildman–Crippen MR) is 123 cm³/mol. The second kappa shape index (κ2) is 6.87. The minimum absolute atomic E-state index is 0.128. The largest absolute Gasteiger partial charge is 0.454 e. The van der Waals surface area contributed by atoms with E-state index >= 15 is 0 Å². The molecule has 2 aliphatic rings. The highest BCUT2D eigenvalue weighted by molar-refractivity contribution is 7.90. The zero-order valence-electron chi connectivity index (χ0n) is 17.9. The van der Waals surface area contributed by atoms with Crippen LogP contribution in [0.3, 0.4) is 0 Å². The molecule has 1 saturated carbocycles. The molecule has 0 saturated heterocycles. The molecule has 2 heterocycles. The van der Waals surface area contributed by atoms with E-state index < -0.39 is 10.0 Å². The lowest BCUT2D eigenvalue weighted by molar-refractivity contribution is 0.174. The second-order valence-corrected chi connectivity index (χ2v) is 10.5. The van der Waals surface area contributed by atoms with Crippen LogP contribution in [0, 0.1) is 13.8 Å². The number of aromatic nitrogens is 1. The normalized spacial score (nSPS) is 19.4. The first-order valence-corrected chi connectivity index (χ1v) is 12.2. The van der Waals surface area contributed by atoms with E-state index in [2.05, 4.69) is 6.07 Å². The number of hydrogen-bond acceptors (Lipinski definition) is 4. The summed E-state index contributed by atoms with van der Waals surface area (Å²) < 4.78 is 40.3. The van der Waals surface area contributed by atoms with Gasteiger partial charge in [-0.15, -0.1) is 0 Å². The van der Waals surface area contributed by atoms with Crippen molar-refractivity contribution in [1.82, 2.24) is 3.97 Å². The fraction of sp³-hybridized carbons (Fsp3) is 0.231. The molecule has 1 aliphatic heterocycles. The zero-order chi connectivity index (χ0) is 22.0. The molecule has 6 heteroatoms. The number of fused-ring (bicyclic) bond motifs is 2. The van der Waals surface area contributed by atoms with Crippen molar-refractivity contribution in [3.63, 3.8) is 0 Å². The van der Waals surface area contributed by atoms with Gasteiger partial charge in [0.2, 0.25) is 6.79 Å². The van der Waals surface area contributed by atoms with Crippen molar-refractivity contribution in [2.75, 3.05) is 6.79 Å². The summed E-state index contributed by atoms with van der Waals surface area (Å²) in [4.78, 5) is 0.311. The minimum atomic E-state index is -3.74. The molecule has 4 aromatic rings. The quantitative estimate of drug-likeness (QED) is 0.417. The van der Waals surface area contributed by atoms with Crippen LogP contribution >= 0.6 is 0 Å². The highest BCUT2D eigenvalue weighted by Crippen LogP contribution is 2.58. The summed E-state index contributed by atoms with van der Waals surface area (Å²) in [6.45, 7) is 4.24. The smallest absolute Gasteiger partial charge is 0.268 e. The van der Waals surface area contributed by atoms with Crippen LogP contribution in [0.5, 0.6) is 11.5 Å². The standard InChI is InChI=1S/C26H23NO4S/c1-16-7-10-19(11-8-16)32(28,29)27-23-6-4-3-5-20(23)17(2)26(27)22-14-21(22)18-9-12-24-25(13-18)31-15-30-24/h3-13,21-22H,14-15H2,1-2H3/t21-,22?/m0/s1. The summed E-state index contributed by atoms with van der Waals surface area (Å²) in [6.07, 6.45) is 0.903. The molecule has 1 aromatic heterocycles. The Labute approximate surface area is 187 Å². The topological polar surface area (TPSA) is 57.5 Å². The Kier molecular flexibility index (Phi) is 4.17. The number of hydrogen-bond donors (Lipinski definition) is 0. The SMILES string of the molecule is Cc1ccc(S(=O)(=O)n2c(C3C[C@H]3c3ccc4c(c3)OCO4)c(C)c3ccccc32)cc1. The van der Waals surface area contributed by atoms with Gasteiger partial charge in [-0.25, -0.2) is 12.4 Å². The highest BCUT2D eigenvalue weighted by atomic mass is 32.2. The van der Waals surface area contributed by atoms with Crippen molar-refractivity contribution in [3.05, 3.63) is 89.1 Å². The average molecular weight is 446 g/mol. The van der Waals surface area contributed by atoms with Crippen LogP contribution in [-0.4, -0.2) is 19.2 Å². The Morgan fingerprint density at radius 3 is 2.44 bits per heavy atom. The van der Waals surface area contributed by atoms with Gasteiger partial charge in [-0.3, -0.25) is 0 Å². The van der Waals surface area contributed by atoms with Gasteiger partial charge in [-0.1, -0.05) is 42.0 Å². The van der Waals surface area contributed by atoms with Gasteiger partial charge in [0.05, 0.1) is 10.4 Å². The summed E-state index contributed by atoms with van der Waals surface area (Å²) in [5, 5.41) is 0.981. The Morgan fingerprint density at radius 1 is 0.875 bits per heavy atom. The number of para-hydroxylation sites is 1. The number of nitrogens with zero attached hydrogens (tertiary/aromatic N) is 1. The van der Waals surface area contributed by atoms with E-state index in [1.807, 2.05) is 62.4 Å². The Balaban J connectivity index is 1.49. The van der Waals surface area contributed by atoms with Crippen molar-refractivity contribution in [1.29, 1.82) is 0 Å². The average Bonchev–Trinajstić information content (AvgIpc) is 3.32. The molecule has 0 N–H and O–H groups in total. The number of rotatable bonds is 4. The molecule has 1 unspecified atom stereocenters. The van der Waals surface area contributed by atoms with Gasteiger partial charge in [0.1, 0.15) is 0 Å². The molecule has 0 amide bonds. The fourth-order valence-corrected chi connectivity index (χ4v) is 6.54. The van der Waals surface area contributed by atoms with Crippen molar-refractivity contribution in [2.24, 2.45) is 0 Å². The van der Waals surface area contributed by atoms with Gasteiger partial charge < -0.3 is 9.47 Å². The molecular formula is C26H23NO4S. The Morgan fingerprint density at radius 2 is 1.62 bits per heavy atom. The third-order valence-electron chi connectivity index (χ3n) is 6.66. The summed E-state index contributed by atoms with van der Waals surface area (Å²) in [5.74, 6) is 1.90. The lowest BCUT2D eigenvalue weighted by Crippen LogP contribution is -2.16. The molecule has 162 valence electrons. The van der Waals surface area contributed by atoms with Crippen LogP contribution in [0.25, 0.3) is 10.9 Å². The van der Waals surface area contributed by atoms with Crippen LogP contribution in [0.2, 0.25) is 0 Å². The van der Waals surface area contributed by atoms with Crippen molar-refractivity contribution >= 4 is 20.9 Å². The zero-order valence-corrected chi connectivity index (χ0v) is 18.7. The second-order valence-electron chi connectivity index (χ2n) is 8.67. The van der Waals surface area contributed by atoms with Gasteiger partial charge in [0.25, 0.3) is 10.0 Å². The predicted octanol–water partition coefficient (Wildman–Crippen LogP) is 5.49. The van der Waals surface area contributed by atoms with Gasteiger partial charge in [0.15, 0.2) is 11.5 Å². The maximum Gasteiger partial charge on any atom is 0.268 e. The van der Waals surface area contributed by atoms with E-state index in [4.69, 9.17) is 9.47 Å². The van der Waals surface area contributed by atoms with Crippen molar-refractivity contribution in [2.45, 2.75) is 37.0 Å². The van der Waals surface area contributed by atoms with E-state index in [9.17, 15) is 8.42 Å². The summed E-state index contributed by atoms with van der Waals surface area (Å²) in [7, 11) is -3.74. The van der Waals surface area contributed by atoms with Crippen molar-refractivity contribution < 1.29 is 17.9 Å². The molecular weight excluding hydrogens is 422 g/mol. The molecule has 5 nitrogen and oxygen atoms in total. The number of benzene rings is 3. The highest BCUT2D eigenvalue weighted by Gasteiger charge is 2.45. The number of aryl methyl sites for hydroxylation is 2. The Hall–Kier alpha value is -3.25. The van der Waals surface area contributed by atoms with Crippen LogP contribution in [0.1, 0.15) is 40.6 Å². The van der Waals surface area contributed by atoms with E-state index in [0.717, 1.165) is 51.2 Å². The third-order valence-corrected chi connectivity index (χ3v) is 8.40. The maximum atomic E-state index is 13.8. The molecule has 1 fully saturated rings. The molecule has 6 rings (SSSR count). The minimum Gasteiger partial charge on any atom is -0.454 e. The van der Waals surface area contributed by atoms with Crippen LogP contribution < -0.4 is 9.47 Å². The summed E-state index contributed by atoms with van der Waals surface area (Å²) >= 11 is 0. The summed E-state index contributed by atoms with van der Waals surface area (Å²) in [5.41, 5.74) is 4.84. The third kappa shape index (κ3) is 2.86. The lowest BCUT2D eigenvalue weighted by atomic mass is 10.0. The van der Waals surface area contributed by atoms with Crippen LogP contribution in [-0.2, 0) is 10.0 Å². The van der Waals surface area contributed by atoms with Crippen LogP contribution in [0.4, 0.5) is 0 Å². The maximum absolute atomic E-state index is 13.8. The molecule has 0 spiro atoms. The number of ether oxygens (including phenoxy) is 2. The van der Waals surface area contributed by atoms with E-state index in [1.165, 1.54) is 0 Å². The lowest BCUT2D eigenvalue weighted by Gasteiger charge is -2.13. The first kappa shape index (κ1) is 19.4. The van der Waals surface area contributed by atoms with Gasteiger partial charge in [-0.2, -0.15) is 0 Å². The van der Waals surface area contributed by atoms with Gasteiger partial charge in [0, 0.05) is 17.0 Å². The summed E-state index contributed by atoms with van der Waals surface area (Å²) in [6, 6.07) is 20.9. The fourth-order valence-electron chi connectivity index (χ4n) is 4.90. The van der Waals surface area contributed by atoms with Gasteiger partial charge in [-0.05, 0) is 67.6 Å².